The summed E-state index contributed by atoms with van der Waals surface area (Å²) in [5.41, 5.74) is 0. The van der Waals surface area contributed by atoms with Crippen LogP contribution in [-0.4, -0.2) is 68.8 Å². The van der Waals surface area contributed by atoms with Crippen LogP contribution in [0.3, 0.4) is 0 Å². The Morgan fingerprint density at radius 2 is 1.63 bits per heavy atom. The zero-order valence-electron chi connectivity index (χ0n) is 17.6. The molecule has 30 heavy (non-hydrogen) atoms. The molecule has 9 heteroatoms. The average Bonchev–Trinajstić information content (AvgIpc) is 2.79. The van der Waals surface area contributed by atoms with Crippen LogP contribution in [0, 0.1) is 0 Å². The van der Waals surface area contributed by atoms with Crippen LogP contribution >= 0.6 is 0 Å². The first-order chi connectivity index (χ1) is 14.5. The molecule has 8 nitrogen and oxygen atoms in total. The SMILES string of the molecule is COc1ccccc1S(=O)(=O)N1CCN(c2ccc(N3CCCC[C@@H]3C)nn2)CC1. The second-order valence-electron chi connectivity index (χ2n) is 7.83. The molecule has 0 radical (unpaired) electrons. The summed E-state index contributed by atoms with van der Waals surface area (Å²) in [6.07, 6.45) is 3.65. The molecular formula is C21H29N5O3S. The second kappa shape index (κ2) is 8.77. The third-order valence-electron chi connectivity index (χ3n) is 5.98. The van der Waals surface area contributed by atoms with Crippen molar-refractivity contribution in [3.05, 3.63) is 36.4 Å². The highest BCUT2D eigenvalue weighted by Gasteiger charge is 2.31. The molecule has 0 N–H and O–H groups in total. The van der Waals surface area contributed by atoms with Crippen LogP contribution in [0.5, 0.6) is 5.75 Å². The Hall–Kier alpha value is -2.39. The first-order valence-corrected chi connectivity index (χ1v) is 11.9. The molecule has 0 aliphatic carbocycles. The number of hydrogen-bond donors (Lipinski definition) is 0. The van der Waals surface area contributed by atoms with Gasteiger partial charge in [0.2, 0.25) is 10.0 Å². The number of piperazine rings is 1. The number of anilines is 2. The minimum atomic E-state index is -3.60. The van der Waals surface area contributed by atoms with Crippen LogP contribution in [0.2, 0.25) is 0 Å². The second-order valence-corrected chi connectivity index (χ2v) is 9.74. The van der Waals surface area contributed by atoms with Gasteiger partial charge in [-0.05, 0) is 50.5 Å². The highest BCUT2D eigenvalue weighted by atomic mass is 32.2. The van der Waals surface area contributed by atoms with Crippen molar-refractivity contribution in [3.63, 3.8) is 0 Å². The molecule has 4 rings (SSSR count). The van der Waals surface area contributed by atoms with Crippen LogP contribution in [0.4, 0.5) is 11.6 Å². The number of hydrogen-bond acceptors (Lipinski definition) is 7. The van der Waals surface area contributed by atoms with Gasteiger partial charge in [-0.1, -0.05) is 12.1 Å². The van der Waals surface area contributed by atoms with E-state index in [0.29, 0.717) is 38.0 Å². The third-order valence-corrected chi connectivity index (χ3v) is 7.92. The molecule has 0 spiro atoms. The predicted octanol–water partition coefficient (Wildman–Crippen LogP) is 2.37. The van der Waals surface area contributed by atoms with Crippen molar-refractivity contribution in [2.45, 2.75) is 37.1 Å². The van der Waals surface area contributed by atoms with Crippen molar-refractivity contribution < 1.29 is 13.2 Å². The van der Waals surface area contributed by atoms with E-state index in [1.165, 1.54) is 30.7 Å². The van der Waals surface area contributed by atoms with Crippen LogP contribution in [0.15, 0.2) is 41.3 Å². The maximum Gasteiger partial charge on any atom is 0.246 e. The Bertz CT molecular complexity index is 959. The number of piperidine rings is 1. The minimum absolute atomic E-state index is 0.209. The molecule has 2 saturated heterocycles. The Kier molecular flexibility index (Phi) is 6.10. The number of methoxy groups -OCH3 is 1. The molecule has 3 heterocycles. The van der Waals surface area contributed by atoms with E-state index < -0.39 is 10.0 Å². The number of rotatable bonds is 5. The molecule has 2 fully saturated rings. The molecule has 0 saturated carbocycles. The zero-order chi connectivity index (χ0) is 21.1. The number of ether oxygens (including phenoxy) is 1. The number of aromatic nitrogens is 2. The largest absolute Gasteiger partial charge is 0.495 e. The van der Waals surface area contributed by atoms with E-state index >= 15 is 0 Å². The summed E-state index contributed by atoms with van der Waals surface area (Å²) >= 11 is 0. The topological polar surface area (TPSA) is 78.9 Å². The van der Waals surface area contributed by atoms with E-state index in [4.69, 9.17) is 4.74 Å². The van der Waals surface area contributed by atoms with Gasteiger partial charge in [0.25, 0.3) is 0 Å². The quantitative estimate of drug-likeness (QED) is 0.719. The van der Waals surface area contributed by atoms with Crippen molar-refractivity contribution in [2.75, 3.05) is 49.6 Å². The van der Waals surface area contributed by atoms with E-state index in [2.05, 4.69) is 26.9 Å². The summed E-state index contributed by atoms with van der Waals surface area (Å²) in [5.74, 6) is 2.08. The van der Waals surface area contributed by atoms with Crippen LogP contribution in [0.1, 0.15) is 26.2 Å². The fourth-order valence-electron chi connectivity index (χ4n) is 4.21. The highest BCUT2D eigenvalue weighted by Crippen LogP contribution is 2.28. The number of nitrogens with zero attached hydrogens (tertiary/aromatic N) is 5. The Morgan fingerprint density at radius 3 is 2.30 bits per heavy atom. The molecule has 2 aliphatic rings. The zero-order valence-corrected chi connectivity index (χ0v) is 18.4. The van der Waals surface area contributed by atoms with E-state index in [1.54, 1.807) is 24.3 Å². The molecule has 1 aromatic heterocycles. The molecule has 0 amide bonds. The van der Waals surface area contributed by atoms with E-state index in [9.17, 15) is 8.42 Å². The van der Waals surface area contributed by atoms with Crippen molar-refractivity contribution in [3.8, 4) is 5.75 Å². The summed E-state index contributed by atoms with van der Waals surface area (Å²) in [4.78, 5) is 4.61. The summed E-state index contributed by atoms with van der Waals surface area (Å²) in [6.45, 7) is 5.19. The molecule has 2 aromatic rings. The van der Waals surface area contributed by atoms with Crippen LogP contribution in [0.25, 0.3) is 0 Å². The van der Waals surface area contributed by atoms with E-state index in [-0.39, 0.29) is 4.90 Å². The lowest BCUT2D eigenvalue weighted by Gasteiger charge is -2.36. The van der Waals surface area contributed by atoms with Crippen molar-refractivity contribution in [1.29, 1.82) is 0 Å². The van der Waals surface area contributed by atoms with Gasteiger partial charge < -0.3 is 14.5 Å². The molecule has 1 atom stereocenters. The molecule has 162 valence electrons. The lowest BCUT2D eigenvalue weighted by molar-refractivity contribution is 0.373. The Morgan fingerprint density at radius 1 is 0.933 bits per heavy atom. The molecule has 0 bridgehead atoms. The Balaban J connectivity index is 1.42. The van der Waals surface area contributed by atoms with Crippen molar-refractivity contribution >= 4 is 21.7 Å². The normalized spacial score (nSPS) is 20.9. The van der Waals surface area contributed by atoms with E-state index in [1.807, 2.05) is 12.1 Å². The molecule has 0 unspecified atom stereocenters. The van der Waals surface area contributed by atoms with E-state index in [0.717, 1.165) is 18.2 Å². The molecule has 1 aromatic carbocycles. The number of benzene rings is 1. The van der Waals surface area contributed by atoms with Gasteiger partial charge in [0, 0.05) is 38.8 Å². The van der Waals surface area contributed by atoms with Gasteiger partial charge in [0.05, 0.1) is 7.11 Å². The Labute approximate surface area is 178 Å². The molecule has 2 aliphatic heterocycles. The maximum absolute atomic E-state index is 13.1. The van der Waals surface area contributed by atoms with Gasteiger partial charge in [-0.3, -0.25) is 0 Å². The monoisotopic (exact) mass is 431 g/mol. The third kappa shape index (κ3) is 4.09. The smallest absolute Gasteiger partial charge is 0.246 e. The van der Waals surface area contributed by atoms with Gasteiger partial charge in [-0.25, -0.2) is 8.42 Å². The summed E-state index contributed by atoms with van der Waals surface area (Å²) < 4.78 is 32.9. The maximum atomic E-state index is 13.1. The number of sulfonamides is 1. The molecular weight excluding hydrogens is 402 g/mol. The summed E-state index contributed by atoms with van der Waals surface area (Å²) in [7, 11) is -2.11. The minimum Gasteiger partial charge on any atom is -0.495 e. The van der Waals surface area contributed by atoms with Crippen LogP contribution < -0.4 is 14.5 Å². The van der Waals surface area contributed by atoms with Gasteiger partial charge in [-0.15, -0.1) is 10.2 Å². The lowest BCUT2D eigenvalue weighted by atomic mass is 10.0. The van der Waals surface area contributed by atoms with Gasteiger partial charge in [-0.2, -0.15) is 4.31 Å². The summed E-state index contributed by atoms with van der Waals surface area (Å²) in [6, 6.07) is 11.3. The standard InChI is InChI=1S/C21H29N5O3S/c1-17-7-5-6-12-26(17)21-11-10-20(22-23-21)24-13-15-25(16-14-24)30(27,28)19-9-4-3-8-18(19)29-2/h3-4,8-11,17H,5-7,12-16H2,1-2H3/t17-/m0/s1. The summed E-state index contributed by atoms with van der Waals surface area (Å²) in [5, 5.41) is 8.88. The van der Waals surface area contributed by atoms with Crippen molar-refractivity contribution in [2.24, 2.45) is 0 Å². The predicted molar refractivity (Wildman–Crippen MR) is 117 cm³/mol. The fourth-order valence-corrected chi connectivity index (χ4v) is 5.79. The fraction of sp³-hybridized carbons (Fsp3) is 0.524. The first-order valence-electron chi connectivity index (χ1n) is 10.5. The van der Waals surface area contributed by atoms with Gasteiger partial charge >= 0.3 is 0 Å². The highest BCUT2D eigenvalue weighted by molar-refractivity contribution is 7.89. The first kappa shape index (κ1) is 20.9. The number of para-hydroxylation sites is 1. The van der Waals surface area contributed by atoms with Crippen molar-refractivity contribution in [1.82, 2.24) is 14.5 Å². The van der Waals surface area contributed by atoms with Gasteiger partial charge in [0.15, 0.2) is 11.6 Å². The van der Waals surface area contributed by atoms with Crippen LogP contribution in [-0.2, 0) is 10.0 Å². The van der Waals surface area contributed by atoms with Gasteiger partial charge in [0.1, 0.15) is 10.6 Å². The average molecular weight is 432 g/mol. The lowest BCUT2D eigenvalue weighted by Crippen LogP contribution is -2.49.